The lowest BCUT2D eigenvalue weighted by Crippen LogP contribution is -2.17. The van der Waals surface area contributed by atoms with E-state index in [1.807, 2.05) is 6.07 Å². The molecule has 1 heterocycles. The zero-order valence-electron chi connectivity index (χ0n) is 13.8. The fourth-order valence-corrected chi connectivity index (χ4v) is 2.65. The topological polar surface area (TPSA) is 37.8 Å². The van der Waals surface area contributed by atoms with Gasteiger partial charge >= 0.3 is 0 Å². The van der Waals surface area contributed by atoms with Crippen molar-refractivity contribution in [2.75, 3.05) is 0 Å². The van der Waals surface area contributed by atoms with E-state index in [9.17, 15) is 4.79 Å². The molecule has 0 atom stereocenters. The molecule has 2 aromatic rings. The Hall–Kier alpha value is -1.77. The van der Waals surface area contributed by atoms with E-state index in [0.29, 0.717) is 5.92 Å². The molecule has 0 saturated heterocycles. The number of aromatic amines is 1. The first-order chi connectivity index (χ1) is 9.93. The Labute approximate surface area is 127 Å². The number of aromatic nitrogens is 2. The van der Waals surface area contributed by atoms with Crippen molar-refractivity contribution in [2.45, 2.75) is 53.9 Å². The summed E-state index contributed by atoms with van der Waals surface area (Å²) in [5.41, 5.74) is 5.52. The lowest BCUT2D eigenvalue weighted by Gasteiger charge is -2.06. The van der Waals surface area contributed by atoms with Crippen LogP contribution >= 0.6 is 0 Å². The number of hydrogen-bond acceptors (Lipinski definition) is 1. The molecule has 0 amide bonds. The molecule has 1 N–H and O–H groups in total. The summed E-state index contributed by atoms with van der Waals surface area (Å²) in [4.78, 5) is 12.7. The highest BCUT2D eigenvalue weighted by molar-refractivity contribution is 5.40. The van der Waals surface area contributed by atoms with Gasteiger partial charge in [0.1, 0.15) is 0 Å². The summed E-state index contributed by atoms with van der Waals surface area (Å²) < 4.78 is 1.70. The zero-order valence-corrected chi connectivity index (χ0v) is 13.8. The Morgan fingerprint density at radius 2 is 1.90 bits per heavy atom. The molecule has 0 unspecified atom stereocenters. The summed E-state index contributed by atoms with van der Waals surface area (Å²) in [5.74, 6) is 0.534. The molecule has 0 fully saturated rings. The van der Waals surface area contributed by atoms with Crippen LogP contribution in [0, 0.1) is 19.8 Å². The minimum absolute atomic E-state index is 0.107. The summed E-state index contributed by atoms with van der Waals surface area (Å²) in [7, 11) is 0. The standard InChI is InChI=1S/C18H26N2O/c1-6-7-16-17(10-12(2)3)19-20(18(16)21)15-9-8-13(4)14(5)11-15/h8-9,11-12,19H,6-7,10H2,1-5H3. The first-order valence-electron chi connectivity index (χ1n) is 7.84. The molecule has 0 radical (unpaired) electrons. The molecule has 1 aromatic carbocycles. The van der Waals surface area contributed by atoms with Crippen LogP contribution in [0.2, 0.25) is 0 Å². The van der Waals surface area contributed by atoms with E-state index in [1.165, 1.54) is 11.1 Å². The summed E-state index contributed by atoms with van der Waals surface area (Å²) in [5, 5.41) is 3.33. The van der Waals surface area contributed by atoms with Crippen molar-refractivity contribution in [3.05, 3.63) is 50.9 Å². The van der Waals surface area contributed by atoms with Crippen molar-refractivity contribution in [1.82, 2.24) is 9.78 Å². The van der Waals surface area contributed by atoms with Gasteiger partial charge in [0.25, 0.3) is 5.56 Å². The average Bonchev–Trinajstić information content (AvgIpc) is 2.71. The average molecular weight is 286 g/mol. The molecule has 1 aromatic heterocycles. The van der Waals surface area contributed by atoms with E-state index in [2.05, 4.69) is 51.9 Å². The highest BCUT2D eigenvalue weighted by Crippen LogP contribution is 2.16. The maximum atomic E-state index is 12.7. The fraction of sp³-hybridized carbons (Fsp3) is 0.500. The van der Waals surface area contributed by atoms with Crippen LogP contribution in [0.1, 0.15) is 49.6 Å². The van der Waals surface area contributed by atoms with Gasteiger partial charge < -0.3 is 0 Å². The Morgan fingerprint density at radius 3 is 2.48 bits per heavy atom. The van der Waals surface area contributed by atoms with E-state index in [0.717, 1.165) is 36.2 Å². The van der Waals surface area contributed by atoms with E-state index >= 15 is 0 Å². The molecular weight excluding hydrogens is 260 g/mol. The second-order valence-electron chi connectivity index (χ2n) is 6.33. The molecule has 0 aliphatic heterocycles. The quantitative estimate of drug-likeness (QED) is 0.888. The Morgan fingerprint density at radius 1 is 1.19 bits per heavy atom. The molecule has 0 aliphatic rings. The number of aryl methyl sites for hydroxylation is 2. The van der Waals surface area contributed by atoms with Gasteiger partial charge in [-0.25, -0.2) is 4.68 Å². The molecule has 3 heteroatoms. The summed E-state index contributed by atoms with van der Waals surface area (Å²) in [6.45, 7) is 10.6. The fourth-order valence-electron chi connectivity index (χ4n) is 2.65. The van der Waals surface area contributed by atoms with Crippen molar-refractivity contribution in [3.8, 4) is 5.69 Å². The van der Waals surface area contributed by atoms with Crippen molar-refractivity contribution < 1.29 is 0 Å². The Kier molecular flexibility index (Phi) is 4.71. The Bertz CT molecular complexity index is 677. The molecule has 21 heavy (non-hydrogen) atoms. The molecule has 2 rings (SSSR count). The van der Waals surface area contributed by atoms with Crippen LogP contribution in [0.15, 0.2) is 23.0 Å². The minimum atomic E-state index is 0.107. The zero-order chi connectivity index (χ0) is 15.6. The number of benzene rings is 1. The molecule has 114 valence electrons. The van der Waals surface area contributed by atoms with Crippen LogP contribution in [0.3, 0.4) is 0 Å². The molecule has 0 saturated carbocycles. The van der Waals surface area contributed by atoms with Gasteiger partial charge in [0.05, 0.1) is 5.69 Å². The maximum Gasteiger partial charge on any atom is 0.274 e. The van der Waals surface area contributed by atoms with Crippen molar-refractivity contribution >= 4 is 0 Å². The van der Waals surface area contributed by atoms with Gasteiger partial charge in [0, 0.05) is 11.3 Å². The van der Waals surface area contributed by atoms with Gasteiger partial charge in [0.15, 0.2) is 0 Å². The lowest BCUT2D eigenvalue weighted by atomic mass is 10.0. The first kappa shape index (κ1) is 15.6. The van der Waals surface area contributed by atoms with Gasteiger partial charge in [-0.15, -0.1) is 0 Å². The maximum absolute atomic E-state index is 12.7. The van der Waals surface area contributed by atoms with E-state index < -0.39 is 0 Å². The molecule has 0 bridgehead atoms. The monoisotopic (exact) mass is 286 g/mol. The summed E-state index contributed by atoms with van der Waals surface area (Å²) in [6, 6.07) is 6.15. The number of nitrogens with zero attached hydrogens (tertiary/aromatic N) is 1. The number of H-pyrrole nitrogens is 1. The highest BCUT2D eigenvalue weighted by Gasteiger charge is 2.15. The number of hydrogen-bond donors (Lipinski definition) is 1. The van der Waals surface area contributed by atoms with Crippen LogP contribution < -0.4 is 5.56 Å². The van der Waals surface area contributed by atoms with Crippen LogP contribution in [0.4, 0.5) is 0 Å². The highest BCUT2D eigenvalue weighted by atomic mass is 16.1. The molecule has 0 spiro atoms. The summed E-state index contributed by atoms with van der Waals surface area (Å²) in [6.07, 6.45) is 2.75. The lowest BCUT2D eigenvalue weighted by molar-refractivity contribution is 0.623. The predicted octanol–water partition coefficient (Wildman–Crippen LogP) is 3.93. The number of nitrogens with one attached hydrogen (secondary N) is 1. The van der Waals surface area contributed by atoms with Gasteiger partial charge in [-0.2, -0.15) is 0 Å². The van der Waals surface area contributed by atoms with Crippen molar-refractivity contribution in [2.24, 2.45) is 5.92 Å². The third kappa shape index (κ3) is 3.29. The minimum Gasteiger partial charge on any atom is -0.295 e. The first-order valence-corrected chi connectivity index (χ1v) is 7.84. The van der Waals surface area contributed by atoms with Gasteiger partial charge in [-0.1, -0.05) is 33.3 Å². The van der Waals surface area contributed by atoms with Gasteiger partial charge in [0.2, 0.25) is 0 Å². The largest absolute Gasteiger partial charge is 0.295 e. The molecule has 0 aliphatic carbocycles. The third-order valence-electron chi connectivity index (χ3n) is 3.93. The van der Waals surface area contributed by atoms with E-state index in [1.54, 1.807) is 4.68 Å². The SMILES string of the molecule is CCCc1c(CC(C)C)[nH]n(-c2ccc(C)c(C)c2)c1=O. The van der Waals surface area contributed by atoms with Crippen molar-refractivity contribution in [3.63, 3.8) is 0 Å². The molecule has 3 nitrogen and oxygen atoms in total. The smallest absolute Gasteiger partial charge is 0.274 e. The second kappa shape index (κ2) is 6.33. The van der Waals surface area contributed by atoms with E-state index in [4.69, 9.17) is 0 Å². The van der Waals surface area contributed by atoms with Gasteiger partial charge in [-0.05, 0) is 55.9 Å². The number of rotatable bonds is 5. The van der Waals surface area contributed by atoms with Crippen LogP contribution in [-0.4, -0.2) is 9.78 Å². The second-order valence-corrected chi connectivity index (χ2v) is 6.33. The van der Waals surface area contributed by atoms with Crippen molar-refractivity contribution in [1.29, 1.82) is 0 Å². The normalized spacial score (nSPS) is 11.3. The van der Waals surface area contributed by atoms with Crippen LogP contribution in [0.5, 0.6) is 0 Å². The summed E-state index contributed by atoms with van der Waals surface area (Å²) >= 11 is 0. The predicted molar refractivity (Wildman–Crippen MR) is 88.4 cm³/mol. The van der Waals surface area contributed by atoms with Crippen LogP contribution in [0.25, 0.3) is 5.69 Å². The van der Waals surface area contributed by atoms with E-state index in [-0.39, 0.29) is 5.56 Å². The third-order valence-corrected chi connectivity index (χ3v) is 3.93. The Balaban J connectivity index is 2.53. The van der Waals surface area contributed by atoms with Crippen LogP contribution in [-0.2, 0) is 12.8 Å². The molecular formula is C18H26N2O. The van der Waals surface area contributed by atoms with Gasteiger partial charge in [-0.3, -0.25) is 9.89 Å².